The molecule has 1 aromatic rings. The maximum atomic E-state index is 10.6. The van der Waals surface area contributed by atoms with Crippen molar-refractivity contribution in [1.29, 1.82) is 0 Å². The molecule has 0 unspecified atom stereocenters. The monoisotopic (exact) mass is 203 g/mol. The van der Waals surface area contributed by atoms with Crippen molar-refractivity contribution in [3.8, 4) is 0 Å². The van der Waals surface area contributed by atoms with E-state index in [4.69, 9.17) is 0 Å². The minimum absolute atomic E-state index is 0.770. The van der Waals surface area contributed by atoms with E-state index in [-0.39, 0.29) is 0 Å². The Hall–Kier alpha value is -1.31. The van der Waals surface area contributed by atoms with Gasteiger partial charge in [-0.3, -0.25) is 4.79 Å². The number of nitrogens with zero attached hydrogens (tertiary/aromatic N) is 1. The molecule has 2 rings (SSSR count). The molecule has 1 fully saturated rings. The van der Waals surface area contributed by atoms with E-state index >= 15 is 0 Å². The lowest BCUT2D eigenvalue weighted by molar-refractivity contribution is 0.112. The van der Waals surface area contributed by atoms with Crippen LogP contribution in [0.2, 0.25) is 0 Å². The molecule has 80 valence electrons. The fourth-order valence-electron chi connectivity index (χ4n) is 2.17. The second kappa shape index (κ2) is 4.47. The third-order valence-corrected chi connectivity index (χ3v) is 3.03. The summed E-state index contributed by atoms with van der Waals surface area (Å²) in [6.45, 7) is 4.53. The zero-order valence-electron chi connectivity index (χ0n) is 9.15. The number of aldehydes is 1. The predicted molar refractivity (Wildman–Crippen MR) is 62.4 cm³/mol. The number of benzene rings is 1. The van der Waals surface area contributed by atoms with Crippen LogP contribution in [0.5, 0.6) is 0 Å². The Morgan fingerprint density at radius 3 is 2.93 bits per heavy atom. The minimum Gasteiger partial charge on any atom is -0.371 e. The van der Waals surface area contributed by atoms with Crippen molar-refractivity contribution in [2.75, 3.05) is 18.0 Å². The van der Waals surface area contributed by atoms with Crippen LogP contribution in [0.3, 0.4) is 0 Å². The molecule has 0 aromatic heterocycles. The molecule has 1 aliphatic heterocycles. The minimum atomic E-state index is 0.770. The highest BCUT2D eigenvalue weighted by molar-refractivity contribution is 5.77. The fraction of sp³-hybridized carbons (Fsp3) is 0.462. The first-order valence-corrected chi connectivity index (χ1v) is 5.63. The first-order chi connectivity index (χ1) is 7.33. The number of rotatable bonds is 4. The van der Waals surface area contributed by atoms with Gasteiger partial charge in [0, 0.05) is 24.3 Å². The molecular weight excluding hydrogens is 186 g/mol. The molecule has 1 saturated heterocycles. The Labute approximate surface area is 90.9 Å². The Morgan fingerprint density at radius 1 is 1.47 bits per heavy atom. The third-order valence-electron chi connectivity index (χ3n) is 3.03. The number of hydrogen-bond donors (Lipinski definition) is 0. The summed E-state index contributed by atoms with van der Waals surface area (Å²) in [6, 6.07) is 7.84. The number of carbonyl (C=O) groups is 1. The molecule has 0 atom stereocenters. The average Bonchev–Trinajstić information content (AvgIpc) is 2.23. The van der Waals surface area contributed by atoms with E-state index in [9.17, 15) is 4.79 Å². The summed E-state index contributed by atoms with van der Waals surface area (Å²) in [5, 5.41) is 0. The highest BCUT2D eigenvalue weighted by Gasteiger charge is 2.25. The maximum absolute atomic E-state index is 10.6. The Bertz CT molecular complexity index is 342. The summed E-state index contributed by atoms with van der Waals surface area (Å²) >= 11 is 0. The lowest BCUT2D eigenvalue weighted by Crippen LogP contribution is -2.46. The normalized spacial score (nSPS) is 16.2. The summed E-state index contributed by atoms with van der Waals surface area (Å²) < 4.78 is 0. The standard InChI is InChI=1S/C13H17NO/c1-2-4-12-8-14(9-12)13-6-3-5-11(7-13)10-15/h3,5-7,10,12H,2,4,8-9H2,1H3. The van der Waals surface area contributed by atoms with Crippen molar-refractivity contribution < 1.29 is 4.79 Å². The van der Waals surface area contributed by atoms with E-state index < -0.39 is 0 Å². The zero-order valence-corrected chi connectivity index (χ0v) is 9.15. The summed E-state index contributed by atoms with van der Waals surface area (Å²) in [5.41, 5.74) is 1.96. The lowest BCUT2D eigenvalue weighted by Gasteiger charge is -2.41. The van der Waals surface area contributed by atoms with Crippen LogP contribution in [0.25, 0.3) is 0 Å². The molecule has 0 amide bonds. The second-order valence-electron chi connectivity index (χ2n) is 4.27. The van der Waals surface area contributed by atoms with Crippen molar-refractivity contribution >= 4 is 12.0 Å². The smallest absolute Gasteiger partial charge is 0.150 e. The Morgan fingerprint density at radius 2 is 2.27 bits per heavy atom. The van der Waals surface area contributed by atoms with Crippen molar-refractivity contribution in [2.24, 2.45) is 5.92 Å². The highest BCUT2D eigenvalue weighted by Crippen LogP contribution is 2.27. The lowest BCUT2D eigenvalue weighted by atomic mass is 9.94. The van der Waals surface area contributed by atoms with Crippen molar-refractivity contribution in [3.63, 3.8) is 0 Å². The zero-order chi connectivity index (χ0) is 10.7. The first kappa shape index (κ1) is 10.2. The fourth-order valence-corrected chi connectivity index (χ4v) is 2.17. The van der Waals surface area contributed by atoms with Crippen LogP contribution in [0, 0.1) is 5.92 Å². The van der Waals surface area contributed by atoms with Gasteiger partial charge in [0.1, 0.15) is 6.29 Å². The Kier molecular flexibility index (Phi) is 3.05. The van der Waals surface area contributed by atoms with Crippen molar-refractivity contribution in [2.45, 2.75) is 19.8 Å². The summed E-state index contributed by atoms with van der Waals surface area (Å²) in [4.78, 5) is 13.0. The van der Waals surface area contributed by atoms with Gasteiger partial charge in [0.25, 0.3) is 0 Å². The van der Waals surface area contributed by atoms with Gasteiger partial charge in [-0.05, 0) is 24.5 Å². The SMILES string of the molecule is CCCC1CN(c2cccc(C=O)c2)C1. The van der Waals surface area contributed by atoms with E-state index in [0.29, 0.717) is 0 Å². The van der Waals surface area contributed by atoms with E-state index in [1.165, 1.54) is 18.5 Å². The second-order valence-corrected chi connectivity index (χ2v) is 4.27. The van der Waals surface area contributed by atoms with E-state index in [1.807, 2.05) is 18.2 Å². The third kappa shape index (κ3) is 2.20. The van der Waals surface area contributed by atoms with Crippen LogP contribution in [0.4, 0.5) is 5.69 Å². The molecule has 1 heterocycles. The van der Waals surface area contributed by atoms with Gasteiger partial charge in [0.05, 0.1) is 0 Å². The summed E-state index contributed by atoms with van der Waals surface area (Å²) in [7, 11) is 0. The van der Waals surface area contributed by atoms with Crippen LogP contribution >= 0.6 is 0 Å². The molecule has 2 heteroatoms. The van der Waals surface area contributed by atoms with Crippen LogP contribution in [0.15, 0.2) is 24.3 Å². The van der Waals surface area contributed by atoms with E-state index in [1.54, 1.807) is 0 Å². The van der Waals surface area contributed by atoms with Gasteiger partial charge in [-0.25, -0.2) is 0 Å². The molecule has 0 bridgehead atoms. The van der Waals surface area contributed by atoms with Gasteiger partial charge >= 0.3 is 0 Å². The first-order valence-electron chi connectivity index (χ1n) is 5.63. The molecule has 1 aromatic carbocycles. The molecule has 0 radical (unpaired) electrons. The van der Waals surface area contributed by atoms with Gasteiger partial charge in [0.2, 0.25) is 0 Å². The molecule has 1 aliphatic rings. The summed E-state index contributed by atoms with van der Waals surface area (Å²) in [5.74, 6) is 0.856. The number of carbonyl (C=O) groups excluding carboxylic acids is 1. The van der Waals surface area contributed by atoms with Gasteiger partial charge < -0.3 is 4.90 Å². The molecule has 15 heavy (non-hydrogen) atoms. The highest BCUT2D eigenvalue weighted by atomic mass is 16.1. The van der Waals surface area contributed by atoms with Gasteiger partial charge in [-0.1, -0.05) is 25.5 Å². The molecule has 0 spiro atoms. The summed E-state index contributed by atoms with van der Waals surface area (Å²) in [6.07, 6.45) is 3.50. The van der Waals surface area contributed by atoms with Crippen LogP contribution in [-0.2, 0) is 0 Å². The van der Waals surface area contributed by atoms with E-state index in [2.05, 4.69) is 17.9 Å². The molecule has 0 saturated carbocycles. The number of hydrogen-bond acceptors (Lipinski definition) is 2. The molecule has 0 aliphatic carbocycles. The molecular formula is C13H17NO. The van der Waals surface area contributed by atoms with Crippen LogP contribution in [0.1, 0.15) is 30.1 Å². The van der Waals surface area contributed by atoms with Crippen molar-refractivity contribution in [1.82, 2.24) is 0 Å². The van der Waals surface area contributed by atoms with Gasteiger partial charge in [-0.2, -0.15) is 0 Å². The van der Waals surface area contributed by atoms with Crippen molar-refractivity contribution in [3.05, 3.63) is 29.8 Å². The van der Waals surface area contributed by atoms with Crippen LogP contribution < -0.4 is 4.90 Å². The van der Waals surface area contributed by atoms with Gasteiger partial charge in [-0.15, -0.1) is 0 Å². The maximum Gasteiger partial charge on any atom is 0.150 e. The van der Waals surface area contributed by atoms with E-state index in [0.717, 1.165) is 30.9 Å². The molecule has 2 nitrogen and oxygen atoms in total. The van der Waals surface area contributed by atoms with Gasteiger partial charge in [0.15, 0.2) is 0 Å². The quantitative estimate of drug-likeness (QED) is 0.701. The van der Waals surface area contributed by atoms with Crippen LogP contribution in [-0.4, -0.2) is 19.4 Å². The Balaban J connectivity index is 1.97. The largest absolute Gasteiger partial charge is 0.371 e. The number of anilines is 1. The topological polar surface area (TPSA) is 20.3 Å². The average molecular weight is 203 g/mol. The predicted octanol–water partition coefficient (Wildman–Crippen LogP) is 2.74. The molecule has 0 N–H and O–H groups in total.